The van der Waals surface area contributed by atoms with Gasteiger partial charge in [0.2, 0.25) is 0 Å². The molecule has 0 amide bonds. The third-order valence-electron chi connectivity index (χ3n) is 2.57. The van der Waals surface area contributed by atoms with Crippen molar-refractivity contribution in [2.24, 2.45) is 5.92 Å². The van der Waals surface area contributed by atoms with Crippen LogP contribution >= 0.6 is 0 Å². The maximum atomic E-state index is 5.57. The predicted octanol–water partition coefficient (Wildman–Crippen LogP) is 1.55. The minimum absolute atomic E-state index is 0.176. The number of rotatable bonds is 2. The third kappa shape index (κ3) is 0.789. The maximum Gasteiger partial charge on any atom is 0.185 e. The van der Waals surface area contributed by atoms with Crippen molar-refractivity contribution in [2.75, 3.05) is 0 Å². The molecule has 0 aromatic carbocycles. The van der Waals surface area contributed by atoms with E-state index in [2.05, 4.69) is 13.8 Å². The first-order valence-corrected chi connectivity index (χ1v) is 4.17. The van der Waals surface area contributed by atoms with Gasteiger partial charge in [-0.15, -0.1) is 0 Å². The van der Waals surface area contributed by atoms with E-state index < -0.39 is 0 Å². The Bertz CT molecular complexity index is 135. The highest BCUT2D eigenvalue weighted by Crippen LogP contribution is 2.44. The highest BCUT2D eigenvalue weighted by atomic mass is 16.8. The van der Waals surface area contributed by atoms with Crippen molar-refractivity contribution in [2.45, 2.75) is 45.2 Å². The Balaban J connectivity index is 1.98. The first kappa shape index (κ1) is 6.62. The molecule has 2 aliphatic heterocycles. The Labute approximate surface area is 61.5 Å². The molecule has 0 saturated carbocycles. The molecule has 2 heteroatoms. The summed E-state index contributed by atoms with van der Waals surface area (Å²) in [5, 5.41) is 0. The van der Waals surface area contributed by atoms with Gasteiger partial charge in [-0.25, -0.2) is 0 Å². The first-order valence-electron chi connectivity index (χ1n) is 4.17. The molecule has 2 fully saturated rings. The lowest BCUT2D eigenvalue weighted by atomic mass is 9.96. The zero-order chi connectivity index (χ0) is 7.14. The quantitative estimate of drug-likeness (QED) is 0.545. The topological polar surface area (TPSA) is 21.8 Å². The fourth-order valence-corrected chi connectivity index (χ4v) is 1.90. The van der Waals surface area contributed by atoms with Gasteiger partial charge in [-0.05, 0) is 12.8 Å². The molecule has 2 unspecified atom stereocenters. The second-order valence-corrected chi connectivity index (χ2v) is 3.12. The average molecular weight is 142 g/mol. The largest absolute Gasteiger partial charge is 0.346 e. The van der Waals surface area contributed by atoms with E-state index in [9.17, 15) is 0 Å². The highest BCUT2D eigenvalue weighted by Gasteiger charge is 2.55. The maximum absolute atomic E-state index is 5.57. The van der Waals surface area contributed by atoms with E-state index in [4.69, 9.17) is 9.47 Å². The van der Waals surface area contributed by atoms with Crippen molar-refractivity contribution in [1.82, 2.24) is 0 Å². The van der Waals surface area contributed by atoms with Gasteiger partial charge in [-0.3, -0.25) is 0 Å². The molecule has 58 valence electrons. The summed E-state index contributed by atoms with van der Waals surface area (Å²) in [4.78, 5) is 0. The van der Waals surface area contributed by atoms with Crippen LogP contribution in [0.2, 0.25) is 0 Å². The molecule has 0 aliphatic carbocycles. The molecule has 0 radical (unpaired) electrons. The van der Waals surface area contributed by atoms with Crippen molar-refractivity contribution in [3.8, 4) is 0 Å². The van der Waals surface area contributed by atoms with Crippen LogP contribution < -0.4 is 0 Å². The Hall–Kier alpha value is -0.0800. The van der Waals surface area contributed by atoms with E-state index in [-0.39, 0.29) is 6.29 Å². The highest BCUT2D eigenvalue weighted by molar-refractivity contribution is 4.95. The Kier molecular flexibility index (Phi) is 1.46. The Morgan fingerprint density at radius 2 is 1.90 bits per heavy atom. The molecule has 2 saturated heterocycles. The summed E-state index contributed by atoms with van der Waals surface area (Å²) in [6, 6.07) is 0. The Morgan fingerprint density at radius 1 is 1.10 bits per heavy atom. The van der Waals surface area contributed by atoms with E-state index >= 15 is 0 Å². The summed E-state index contributed by atoms with van der Waals surface area (Å²) in [5.74, 6) is 0.676. The second-order valence-electron chi connectivity index (χ2n) is 3.12. The van der Waals surface area contributed by atoms with Crippen molar-refractivity contribution >= 4 is 0 Å². The minimum Gasteiger partial charge on any atom is -0.346 e. The summed E-state index contributed by atoms with van der Waals surface area (Å²) in [6.45, 7) is 4.39. The fraction of sp³-hybridized carbons (Fsp3) is 1.00. The number of hydrogen-bond donors (Lipinski definition) is 0. The zero-order valence-electron chi connectivity index (χ0n) is 6.54. The van der Waals surface area contributed by atoms with Crippen LogP contribution in [0.15, 0.2) is 0 Å². The lowest BCUT2D eigenvalue weighted by molar-refractivity contribution is -0.0378. The van der Waals surface area contributed by atoms with Gasteiger partial charge in [0.15, 0.2) is 6.29 Å². The summed E-state index contributed by atoms with van der Waals surface area (Å²) < 4.78 is 10.8. The molecular formula is C8H14O2. The Morgan fingerprint density at radius 3 is 2.40 bits per heavy atom. The lowest BCUT2D eigenvalue weighted by Gasteiger charge is -2.16. The van der Waals surface area contributed by atoms with Gasteiger partial charge in [-0.1, -0.05) is 13.8 Å². The van der Waals surface area contributed by atoms with Gasteiger partial charge in [0.05, 0.1) is 6.10 Å². The van der Waals surface area contributed by atoms with E-state index in [0.29, 0.717) is 18.1 Å². The van der Waals surface area contributed by atoms with Crippen LogP contribution in [0, 0.1) is 5.92 Å². The van der Waals surface area contributed by atoms with Crippen molar-refractivity contribution in [3.63, 3.8) is 0 Å². The molecule has 0 bridgehead atoms. The molecule has 4 atom stereocenters. The van der Waals surface area contributed by atoms with Gasteiger partial charge in [0, 0.05) is 5.92 Å². The molecule has 2 rings (SSSR count). The van der Waals surface area contributed by atoms with Gasteiger partial charge in [0.25, 0.3) is 0 Å². The van der Waals surface area contributed by atoms with Crippen LogP contribution in [0.5, 0.6) is 0 Å². The minimum atomic E-state index is 0.176. The summed E-state index contributed by atoms with van der Waals surface area (Å²) >= 11 is 0. The fourth-order valence-electron chi connectivity index (χ4n) is 1.90. The number of epoxide rings is 1. The third-order valence-corrected chi connectivity index (χ3v) is 2.57. The SMILES string of the molecule is CC[C@@H]1C2OC2O[C@@H]1CC. The van der Waals surface area contributed by atoms with Crippen LogP contribution in [0.25, 0.3) is 0 Å². The normalized spacial score (nSPS) is 51.0. The van der Waals surface area contributed by atoms with E-state index in [1.807, 2.05) is 0 Å². The van der Waals surface area contributed by atoms with Gasteiger partial charge < -0.3 is 9.47 Å². The first-order chi connectivity index (χ1) is 4.86. The molecule has 0 aromatic rings. The number of ether oxygens (including phenoxy) is 2. The van der Waals surface area contributed by atoms with Crippen molar-refractivity contribution in [1.29, 1.82) is 0 Å². The monoisotopic (exact) mass is 142 g/mol. The van der Waals surface area contributed by atoms with Crippen LogP contribution in [0.4, 0.5) is 0 Å². The van der Waals surface area contributed by atoms with Crippen LogP contribution in [-0.4, -0.2) is 18.5 Å². The van der Waals surface area contributed by atoms with E-state index in [0.717, 1.165) is 6.42 Å². The van der Waals surface area contributed by atoms with Crippen LogP contribution in [0.1, 0.15) is 26.7 Å². The van der Waals surface area contributed by atoms with Crippen molar-refractivity contribution < 1.29 is 9.47 Å². The van der Waals surface area contributed by atoms with E-state index in [1.54, 1.807) is 0 Å². The summed E-state index contributed by atoms with van der Waals surface area (Å²) in [6.07, 6.45) is 3.44. The van der Waals surface area contributed by atoms with Crippen LogP contribution in [-0.2, 0) is 9.47 Å². The average Bonchev–Trinajstić information content (AvgIpc) is 2.63. The molecule has 2 heterocycles. The predicted molar refractivity (Wildman–Crippen MR) is 37.6 cm³/mol. The molecule has 0 aromatic heterocycles. The molecule has 2 aliphatic rings. The molecule has 10 heavy (non-hydrogen) atoms. The smallest absolute Gasteiger partial charge is 0.185 e. The summed E-state index contributed by atoms with van der Waals surface area (Å²) in [7, 11) is 0. The standard InChI is InChI=1S/C8H14O2/c1-3-5-6(4-2)9-8-7(5)10-8/h5-8H,3-4H2,1-2H3/t5-,6+,7?,8?/m0/s1. The van der Waals surface area contributed by atoms with Gasteiger partial charge >= 0.3 is 0 Å². The lowest BCUT2D eigenvalue weighted by Crippen LogP contribution is -2.20. The molecular weight excluding hydrogens is 128 g/mol. The number of hydrogen-bond acceptors (Lipinski definition) is 2. The zero-order valence-corrected chi connectivity index (χ0v) is 6.54. The molecule has 2 nitrogen and oxygen atoms in total. The van der Waals surface area contributed by atoms with Gasteiger partial charge in [0.1, 0.15) is 6.10 Å². The molecule has 0 spiro atoms. The summed E-state index contributed by atoms with van der Waals surface area (Å²) in [5.41, 5.74) is 0. The van der Waals surface area contributed by atoms with Crippen molar-refractivity contribution in [3.05, 3.63) is 0 Å². The van der Waals surface area contributed by atoms with Gasteiger partial charge in [-0.2, -0.15) is 0 Å². The molecule has 0 N–H and O–H groups in total. The van der Waals surface area contributed by atoms with Crippen LogP contribution in [0.3, 0.4) is 0 Å². The second kappa shape index (κ2) is 2.21. The van der Waals surface area contributed by atoms with E-state index in [1.165, 1.54) is 6.42 Å². The number of fused-ring (bicyclic) bond motifs is 1.